The minimum atomic E-state index is -0.540. The molecule has 3 N–H and O–H groups in total. The molecule has 33 heavy (non-hydrogen) atoms. The summed E-state index contributed by atoms with van der Waals surface area (Å²) in [6.07, 6.45) is 0. The predicted molar refractivity (Wildman–Crippen MR) is 120 cm³/mol. The molecule has 0 spiro atoms. The van der Waals surface area contributed by atoms with Gasteiger partial charge >= 0.3 is 0 Å². The van der Waals surface area contributed by atoms with Crippen LogP contribution in [0.1, 0.15) is 22.6 Å². The third kappa shape index (κ3) is 3.90. The number of nitrogens with one attached hydrogen (secondary N) is 1. The van der Waals surface area contributed by atoms with Crippen molar-refractivity contribution in [3.8, 4) is 29.0 Å². The highest BCUT2D eigenvalue weighted by Gasteiger charge is 2.35. The van der Waals surface area contributed by atoms with E-state index in [1.807, 2.05) is 54.6 Å². The number of nitrogens with zero attached hydrogens (tertiary/aromatic N) is 2. The fourth-order valence-electron chi connectivity index (χ4n) is 3.91. The van der Waals surface area contributed by atoms with Crippen LogP contribution in [0, 0.1) is 17.1 Å². The molecule has 0 saturated heterocycles. The van der Waals surface area contributed by atoms with Crippen LogP contribution in [0.2, 0.25) is 0 Å². The van der Waals surface area contributed by atoms with E-state index in [2.05, 4.69) is 16.3 Å². The Kier molecular flexibility index (Phi) is 5.25. The van der Waals surface area contributed by atoms with Crippen molar-refractivity contribution in [1.82, 2.24) is 10.2 Å². The van der Waals surface area contributed by atoms with Crippen LogP contribution in [0.15, 0.2) is 90.3 Å². The Morgan fingerprint density at radius 1 is 1.03 bits per heavy atom. The number of H-pyrrole nitrogens is 1. The largest absolute Gasteiger partial charge is 0.489 e. The molecule has 0 bridgehead atoms. The summed E-state index contributed by atoms with van der Waals surface area (Å²) in [5.74, 6) is 0.105. The molecule has 4 aromatic rings. The molecule has 1 aliphatic heterocycles. The van der Waals surface area contributed by atoms with Gasteiger partial charge in [0.05, 0.1) is 17.2 Å². The number of nitriles is 1. The van der Waals surface area contributed by atoms with Crippen molar-refractivity contribution in [2.45, 2.75) is 12.5 Å². The van der Waals surface area contributed by atoms with Crippen molar-refractivity contribution in [1.29, 1.82) is 5.26 Å². The number of ether oxygens (including phenoxy) is 2. The van der Waals surface area contributed by atoms with Crippen LogP contribution >= 0.6 is 0 Å². The Hall–Kier alpha value is -4.57. The first-order chi connectivity index (χ1) is 16.1. The van der Waals surface area contributed by atoms with E-state index in [4.69, 9.17) is 15.2 Å². The molecule has 5 rings (SSSR count). The van der Waals surface area contributed by atoms with E-state index >= 15 is 0 Å². The van der Waals surface area contributed by atoms with Gasteiger partial charge in [-0.2, -0.15) is 5.26 Å². The van der Waals surface area contributed by atoms with Gasteiger partial charge in [0.15, 0.2) is 0 Å². The van der Waals surface area contributed by atoms with Gasteiger partial charge in [-0.1, -0.05) is 42.5 Å². The van der Waals surface area contributed by atoms with Gasteiger partial charge in [0.25, 0.3) is 0 Å². The summed E-state index contributed by atoms with van der Waals surface area (Å²) in [5, 5.41) is 17.0. The first kappa shape index (κ1) is 20.3. The smallest absolute Gasteiger partial charge is 0.244 e. The zero-order valence-corrected chi connectivity index (χ0v) is 17.5. The maximum atomic E-state index is 13.5. The highest BCUT2D eigenvalue weighted by atomic mass is 19.1. The Labute approximate surface area is 189 Å². The molecule has 6 nitrogen and oxygen atoms in total. The molecule has 0 saturated carbocycles. The maximum Gasteiger partial charge on any atom is 0.244 e. The van der Waals surface area contributed by atoms with Crippen LogP contribution in [0.3, 0.4) is 0 Å². The van der Waals surface area contributed by atoms with E-state index in [0.717, 1.165) is 16.9 Å². The molecule has 7 heteroatoms. The van der Waals surface area contributed by atoms with Crippen LogP contribution in [0.4, 0.5) is 4.39 Å². The number of rotatable bonds is 5. The molecule has 1 atom stereocenters. The van der Waals surface area contributed by atoms with E-state index in [0.29, 0.717) is 29.3 Å². The van der Waals surface area contributed by atoms with Crippen molar-refractivity contribution in [3.05, 3.63) is 113 Å². The van der Waals surface area contributed by atoms with Crippen LogP contribution < -0.4 is 15.2 Å². The number of aromatic amines is 1. The Morgan fingerprint density at radius 2 is 1.76 bits per heavy atom. The fraction of sp³-hybridized carbons (Fsp3) is 0.0769. The predicted octanol–water partition coefficient (Wildman–Crippen LogP) is 5.01. The van der Waals surface area contributed by atoms with E-state index < -0.39 is 5.92 Å². The summed E-state index contributed by atoms with van der Waals surface area (Å²) in [6.45, 7) is 0.468. The third-order valence-corrected chi connectivity index (χ3v) is 5.53. The highest BCUT2D eigenvalue weighted by molar-refractivity contribution is 5.71. The Balaban J connectivity index is 1.48. The number of benzene rings is 3. The van der Waals surface area contributed by atoms with Crippen LogP contribution in [-0.4, -0.2) is 10.2 Å². The van der Waals surface area contributed by atoms with Crippen molar-refractivity contribution < 1.29 is 13.9 Å². The zero-order chi connectivity index (χ0) is 22.8. The summed E-state index contributed by atoms with van der Waals surface area (Å²) in [6, 6.07) is 25.6. The number of allylic oxidation sites excluding steroid dienone is 1. The molecule has 162 valence electrons. The lowest BCUT2D eigenvalue weighted by Gasteiger charge is -2.24. The van der Waals surface area contributed by atoms with E-state index in [9.17, 15) is 9.65 Å². The molecule has 1 aromatic heterocycles. The first-order valence-electron chi connectivity index (χ1n) is 10.3. The minimum absolute atomic E-state index is 0.0120. The van der Waals surface area contributed by atoms with Gasteiger partial charge in [-0.15, -0.1) is 5.10 Å². The van der Waals surface area contributed by atoms with Gasteiger partial charge in [0.2, 0.25) is 11.8 Å². The molecule has 0 amide bonds. The maximum absolute atomic E-state index is 13.5. The number of aromatic nitrogens is 2. The van der Waals surface area contributed by atoms with Crippen molar-refractivity contribution in [3.63, 3.8) is 0 Å². The first-order valence-corrected chi connectivity index (χ1v) is 10.3. The van der Waals surface area contributed by atoms with E-state index in [1.165, 1.54) is 12.1 Å². The number of halogens is 1. The topological polar surface area (TPSA) is 97.0 Å². The van der Waals surface area contributed by atoms with E-state index in [-0.39, 0.29) is 17.3 Å². The van der Waals surface area contributed by atoms with Crippen molar-refractivity contribution >= 4 is 0 Å². The standard InChI is InChI=1S/C26H19FN4O2/c27-19-10-6-17(7-11-19)22-21(14-28)25(29)33-26-23(22)24(30-31-26)18-8-12-20(13-9-18)32-15-16-4-2-1-3-5-16/h1-13,22H,15,29H2,(H,30,31)/t22-/m1/s1. The molecule has 0 fully saturated rings. The normalized spacial score (nSPS) is 14.8. The van der Waals surface area contributed by atoms with Crippen molar-refractivity contribution in [2.75, 3.05) is 0 Å². The third-order valence-electron chi connectivity index (χ3n) is 5.53. The van der Waals surface area contributed by atoms with Gasteiger partial charge in [0, 0.05) is 5.56 Å². The fourth-order valence-corrected chi connectivity index (χ4v) is 3.91. The summed E-state index contributed by atoms with van der Waals surface area (Å²) >= 11 is 0. The second-order valence-electron chi connectivity index (χ2n) is 7.59. The Bertz CT molecular complexity index is 1350. The highest BCUT2D eigenvalue weighted by Crippen LogP contribution is 2.45. The lowest BCUT2D eigenvalue weighted by atomic mass is 9.83. The molecule has 0 radical (unpaired) electrons. The lowest BCUT2D eigenvalue weighted by molar-refractivity contribution is 0.306. The summed E-state index contributed by atoms with van der Waals surface area (Å²) in [7, 11) is 0. The van der Waals surface area contributed by atoms with Crippen LogP contribution in [0.5, 0.6) is 11.6 Å². The SMILES string of the molecule is N#CC1=C(N)Oc2n[nH]c(-c3ccc(OCc4ccccc4)cc3)c2[C@@H]1c1ccc(F)cc1. The van der Waals surface area contributed by atoms with E-state index in [1.54, 1.807) is 12.1 Å². The average Bonchev–Trinajstić information content (AvgIpc) is 3.27. The summed E-state index contributed by atoms with van der Waals surface area (Å²) in [4.78, 5) is 0. The molecular weight excluding hydrogens is 419 g/mol. The molecule has 3 aromatic carbocycles. The monoisotopic (exact) mass is 438 g/mol. The van der Waals surface area contributed by atoms with Gasteiger partial charge in [-0.3, -0.25) is 5.10 Å². The molecule has 0 aliphatic carbocycles. The number of hydrogen-bond donors (Lipinski definition) is 2. The van der Waals surface area contributed by atoms with Crippen LogP contribution in [0.25, 0.3) is 11.3 Å². The minimum Gasteiger partial charge on any atom is -0.489 e. The van der Waals surface area contributed by atoms with Gasteiger partial charge in [-0.25, -0.2) is 4.39 Å². The second kappa shape index (κ2) is 8.52. The Morgan fingerprint density at radius 3 is 2.45 bits per heavy atom. The quantitative estimate of drug-likeness (QED) is 0.456. The average molecular weight is 438 g/mol. The lowest BCUT2D eigenvalue weighted by Crippen LogP contribution is -2.21. The second-order valence-corrected chi connectivity index (χ2v) is 7.59. The van der Waals surface area contributed by atoms with Gasteiger partial charge in [0.1, 0.15) is 29.8 Å². The number of fused-ring (bicyclic) bond motifs is 1. The van der Waals surface area contributed by atoms with Gasteiger partial charge in [-0.05, 0) is 47.5 Å². The summed E-state index contributed by atoms with van der Waals surface area (Å²) in [5.41, 5.74) is 10.2. The number of hydrogen-bond acceptors (Lipinski definition) is 5. The van der Waals surface area contributed by atoms with Crippen molar-refractivity contribution in [2.24, 2.45) is 5.73 Å². The van der Waals surface area contributed by atoms with Crippen LogP contribution in [-0.2, 0) is 6.61 Å². The molecule has 0 unspecified atom stereocenters. The summed E-state index contributed by atoms with van der Waals surface area (Å²) < 4.78 is 25.0. The number of nitrogens with two attached hydrogens (primary N) is 1. The molecule has 2 heterocycles. The van der Waals surface area contributed by atoms with Gasteiger partial charge < -0.3 is 15.2 Å². The zero-order valence-electron chi connectivity index (χ0n) is 17.5. The molecular formula is C26H19FN4O2. The molecule has 1 aliphatic rings.